The highest BCUT2D eigenvalue weighted by molar-refractivity contribution is 5.83. The van der Waals surface area contributed by atoms with E-state index >= 15 is 0 Å². The molecule has 4 N–H and O–H groups in total. The van der Waals surface area contributed by atoms with Crippen LogP contribution in [-0.2, 0) is 9.59 Å². The molecule has 94 valence electrons. The van der Waals surface area contributed by atoms with E-state index in [1.807, 2.05) is 0 Å². The molecule has 4 unspecified atom stereocenters. The van der Waals surface area contributed by atoms with Crippen LogP contribution >= 0.6 is 0 Å². The number of carboxylic acid groups (broad SMARTS) is 1. The largest absolute Gasteiger partial charge is 0.481 e. The quantitative estimate of drug-likeness (QED) is 0.467. The number of rotatable bonds is 3. The molecule has 1 aliphatic heterocycles. The predicted molar refractivity (Wildman–Crippen MR) is 59.2 cm³/mol. The zero-order valence-corrected chi connectivity index (χ0v) is 9.30. The first-order valence-electron chi connectivity index (χ1n) is 5.69. The van der Waals surface area contributed by atoms with Crippen molar-refractivity contribution in [2.45, 2.75) is 31.0 Å². The van der Waals surface area contributed by atoms with Gasteiger partial charge in [-0.2, -0.15) is 0 Å². The van der Waals surface area contributed by atoms with Crippen LogP contribution in [0.3, 0.4) is 0 Å². The normalized spacial score (nSPS) is 36.1. The molecule has 1 amide bonds. The summed E-state index contributed by atoms with van der Waals surface area (Å²) in [6.45, 7) is 0.427. The van der Waals surface area contributed by atoms with Crippen LogP contribution in [0.15, 0.2) is 12.2 Å². The monoisotopic (exact) mass is 240 g/mol. The summed E-state index contributed by atoms with van der Waals surface area (Å²) >= 11 is 0. The van der Waals surface area contributed by atoms with E-state index in [2.05, 4.69) is 10.6 Å². The summed E-state index contributed by atoms with van der Waals surface area (Å²) < 4.78 is 0. The zero-order chi connectivity index (χ0) is 12.4. The number of carbonyl (C=O) groups excluding carboxylic acids is 1. The van der Waals surface area contributed by atoms with E-state index < -0.39 is 18.0 Å². The molecule has 0 aromatic heterocycles. The summed E-state index contributed by atoms with van der Waals surface area (Å²) in [5.74, 6) is -1.56. The molecule has 2 rings (SSSR count). The van der Waals surface area contributed by atoms with Gasteiger partial charge in [0.2, 0.25) is 5.91 Å². The van der Waals surface area contributed by atoms with Crippen molar-refractivity contribution in [2.24, 2.45) is 5.92 Å². The number of carboxylic acids is 1. The van der Waals surface area contributed by atoms with Gasteiger partial charge in [-0.05, 0) is 12.8 Å². The fourth-order valence-corrected chi connectivity index (χ4v) is 2.19. The number of hydrogen-bond donors (Lipinski definition) is 4. The molecule has 1 aliphatic carbocycles. The number of aliphatic hydroxyl groups excluding tert-OH is 1. The average Bonchev–Trinajstić information content (AvgIpc) is 2.86. The minimum atomic E-state index is -0.868. The summed E-state index contributed by atoms with van der Waals surface area (Å²) in [7, 11) is 0. The van der Waals surface area contributed by atoms with Crippen LogP contribution in [0.2, 0.25) is 0 Å². The SMILES string of the molecule is O=C(O)C1C=CC(NC(=O)C2CC(O)CN2)C1. The lowest BCUT2D eigenvalue weighted by Gasteiger charge is -2.15. The highest BCUT2D eigenvalue weighted by Gasteiger charge is 2.31. The van der Waals surface area contributed by atoms with Gasteiger partial charge in [-0.3, -0.25) is 9.59 Å². The minimum absolute atomic E-state index is 0.178. The number of nitrogens with one attached hydrogen (secondary N) is 2. The van der Waals surface area contributed by atoms with E-state index in [-0.39, 0.29) is 18.0 Å². The first-order chi connectivity index (χ1) is 8.06. The molecule has 6 nitrogen and oxygen atoms in total. The number of aliphatic hydroxyl groups is 1. The fourth-order valence-electron chi connectivity index (χ4n) is 2.19. The standard InChI is InChI=1S/C11H16N2O4/c14-8-4-9(12-5-8)10(15)13-7-2-1-6(3-7)11(16)17/h1-2,6-9,12,14H,3-5H2,(H,13,15)(H,16,17). The second kappa shape index (κ2) is 4.85. The molecule has 2 aliphatic rings. The van der Waals surface area contributed by atoms with E-state index in [0.717, 1.165) is 0 Å². The Labute approximate surface area is 98.7 Å². The van der Waals surface area contributed by atoms with Gasteiger partial charge in [-0.25, -0.2) is 0 Å². The molecule has 4 atom stereocenters. The Morgan fingerprint density at radius 2 is 2.06 bits per heavy atom. The van der Waals surface area contributed by atoms with E-state index in [1.165, 1.54) is 0 Å². The Morgan fingerprint density at radius 1 is 1.29 bits per heavy atom. The Morgan fingerprint density at radius 3 is 2.59 bits per heavy atom. The molecular formula is C11H16N2O4. The molecule has 1 heterocycles. The molecule has 6 heteroatoms. The van der Waals surface area contributed by atoms with Crippen LogP contribution in [0.1, 0.15) is 12.8 Å². The van der Waals surface area contributed by atoms with Gasteiger partial charge >= 0.3 is 5.97 Å². The topological polar surface area (TPSA) is 98.7 Å². The summed E-state index contributed by atoms with van der Waals surface area (Å²) in [6.07, 6.45) is 3.64. The van der Waals surface area contributed by atoms with Crippen molar-refractivity contribution in [3.05, 3.63) is 12.2 Å². The second-order valence-electron chi connectivity index (χ2n) is 4.53. The Balaban J connectivity index is 1.81. The summed E-state index contributed by atoms with van der Waals surface area (Å²) in [5, 5.41) is 23.8. The van der Waals surface area contributed by atoms with Crippen LogP contribution in [-0.4, -0.2) is 46.8 Å². The van der Waals surface area contributed by atoms with Crippen LogP contribution in [0.5, 0.6) is 0 Å². The molecule has 0 aromatic carbocycles. The van der Waals surface area contributed by atoms with E-state index in [9.17, 15) is 14.7 Å². The molecule has 0 bridgehead atoms. The highest BCUT2D eigenvalue weighted by atomic mass is 16.4. The number of carbonyl (C=O) groups is 2. The first-order valence-corrected chi connectivity index (χ1v) is 5.69. The molecule has 0 saturated carbocycles. The molecule has 1 saturated heterocycles. The number of aliphatic carboxylic acids is 1. The maximum Gasteiger partial charge on any atom is 0.310 e. The summed E-state index contributed by atoms with van der Waals surface area (Å²) in [4.78, 5) is 22.5. The van der Waals surface area contributed by atoms with E-state index in [1.54, 1.807) is 12.2 Å². The first kappa shape index (κ1) is 12.1. The summed E-state index contributed by atoms with van der Waals surface area (Å²) in [6, 6.07) is -0.592. The highest BCUT2D eigenvalue weighted by Crippen LogP contribution is 2.18. The van der Waals surface area contributed by atoms with Crippen molar-refractivity contribution < 1.29 is 19.8 Å². The third kappa shape index (κ3) is 2.83. The van der Waals surface area contributed by atoms with Gasteiger partial charge in [0.1, 0.15) is 0 Å². The minimum Gasteiger partial charge on any atom is -0.481 e. The van der Waals surface area contributed by atoms with Gasteiger partial charge in [0.05, 0.1) is 18.1 Å². The van der Waals surface area contributed by atoms with Crippen molar-refractivity contribution in [2.75, 3.05) is 6.54 Å². The Hall–Kier alpha value is -1.40. The van der Waals surface area contributed by atoms with Crippen LogP contribution in [0.4, 0.5) is 0 Å². The summed E-state index contributed by atoms with van der Waals surface area (Å²) in [5.41, 5.74) is 0. The third-order valence-corrected chi connectivity index (χ3v) is 3.15. The molecule has 0 aromatic rings. The van der Waals surface area contributed by atoms with Crippen molar-refractivity contribution in [1.82, 2.24) is 10.6 Å². The molecule has 17 heavy (non-hydrogen) atoms. The van der Waals surface area contributed by atoms with Crippen molar-refractivity contribution in [3.63, 3.8) is 0 Å². The lowest BCUT2D eigenvalue weighted by atomic mass is 10.1. The predicted octanol–water partition coefficient (Wildman–Crippen LogP) is -1.15. The fraction of sp³-hybridized carbons (Fsp3) is 0.636. The number of hydrogen-bond acceptors (Lipinski definition) is 4. The molecule has 1 fully saturated rings. The van der Waals surface area contributed by atoms with E-state index in [0.29, 0.717) is 19.4 Å². The van der Waals surface area contributed by atoms with Gasteiger partial charge < -0.3 is 20.8 Å². The van der Waals surface area contributed by atoms with Crippen molar-refractivity contribution >= 4 is 11.9 Å². The Bertz CT molecular complexity index is 355. The van der Waals surface area contributed by atoms with Crippen LogP contribution < -0.4 is 10.6 Å². The zero-order valence-electron chi connectivity index (χ0n) is 9.30. The van der Waals surface area contributed by atoms with Gasteiger partial charge in [0.15, 0.2) is 0 Å². The van der Waals surface area contributed by atoms with Crippen LogP contribution in [0.25, 0.3) is 0 Å². The third-order valence-electron chi connectivity index (χ3n) is 3.15. The lowest BCUT2D eigenvalue weighted by molar-refractivity contribution is -0.140. The lowest BCUT2D eigenvalue weighted by Crippen LogP contribution is -2.44. The van der Waals surface area contributed by atoms with Gasteiger partial charge in [0, 0.05) is 12.6 Å². The molecule has 0 spiro atoms. The second-order valence-corrected chi connectivity index (χ2v) is 4.53. The van der Waals surface area contributed by atoms with Crippen LogP contribution in [0, 0.1) is 5.92 Å². The Kier molecular flexibility index (Phi) is 3.44. The van der Waals surface area contributed by atoms with Gasteiger partial charge in [0.25, 0.3) is 0 Å². The van der Waals surface area contributed by atoms with Crippen molar-refractivity contribution in [1.29, 1.82) is 0 Å². The van der Waals surface area contributed by atoms with Gasteiger partial charge in [-0.1, -0.05) is 12.2 Å². The number of β-amino-alcohol motifs (C(OH)–C–C–N with tert-alkyl or cyclic N) is 1. The molecule has 0 radical (unpaired) electrons. The van der Waals surface area contributed by atoms with Gasteiger partial charge in [-0.15, -0.1) is 0 Å². The van der Waals surface area contributed by atoms with E-state index in [4.69, 9.17) is 5.11 Å². The average molecular weight is 240 g/mol. The smallest absolute Gasteiger partial charge is 0.310 e. The maximum atomic E-state index is 11.8. The number of amides is 1. The molecular weight excluding hydrogens is 224 g/mol. The maximum absolute atomic E-state index is 11.8. The van der Waals surface area contributed by atoms with Crippen molar-refractivity contribution in [3.8, 4) is 0 Å².